The lowest BCUT2D eigenvalue weighted by molar-refractivity contribution is -0.385. The predicted octanol–water partition coefficient (Wildman–Crippen LogP) is 3.19. The molecule has 0 radical (unpaired) electrons. The molecule has 0 aliphatic heterocycles. The summed E-state index contributed by atoms with van der Waals surface area (Å²) in [6.45, 7) is 6.36. The van der Waals surface area contributed by atoms with Crippen LogP contribution in [0.25, 0.3) is 0 Å². The van der Waals surface area contributed by atoms with Crippen LogP contribution in [-0.2, 0) is 0 Å². The zero-order valence-corrected chi connectivity index (χ0v) is 11.5. The van der Waals surface area contributed by atoms with Gasteiger partial charge in [-0.1, -0.05) is 26.7 Å². The van der Waals surface area contributed by atoms with Gasteiger partial charge in [-0.15, -0.1) is 0 Å². The van der Waals surface area contributed by atoms with Crippen molar-refractivity contribution in [2.75, 3.05) is 11.9 Å². The SMILES string of the molecule is CCC(CC)CNc1nc(Cl)nc(C)c1[N+](=O)[O-]. The summed E-state index contributed by atoms with van der Waals surface area (Å²) in [6.07, 6.45) is 2.02. The van der Waals surface area contributed by atoms with Gasteiger partial charge in [0.25, 0.3) is 0 Å². The molecule has 0 saturated heterocycles. The summed E-state index contributed by atoms with van der Waals surface area (Å²) in [7, 11) is 0. The largest absolute Gasteiger partial charge is 0.364 e. The van der Waals surface area contributed by atoms with E-state index in [0.717, 1.165) is 12.8 Å². The van der Waals surface area contributed by atoms with E-state index < -0.39 is 4.92 Å². The van der Waals surface area contributed by atoms with Gasteiger partial charge < -0.3 is 5.32 Å². The van der Waals surface area contributed by atoms with Crippen molar-refractivity contribution in [3.05, 3.63) is 21.1 Å². The number of hydrogen-bond acceptors (Lipinski definition) is 5. The average Bonchev–Trinajstić information content (AvgIpc) is 2.28. The molecule has 0 aromatic carbocycles. The molecular formula is C11H17ClN4O2. The lowest BCUT2D eigenvalue weighted by Gasteiger charge is -2.14. The third kappa shape index (κ3) is 3.53. The molecule has 1 N–H and O–H groups in total. The molecule has 7 heteroatoms. The second kappa shape index (κ2) is 6.49. The third-order valence-electron chi connectivity index (χ3n) is 2.93. The number of halogens is 1. The quantitative estimate of drug-likeness (QED) is 0.489. The number of nitrogens with zero attached hydrogens (tertiary/aromatic N) is 3. The monoisotopic (exact) mass is 272 g/mol. The Kier molecular flexibility index (Phi) is 5.27. The summed E-state index contributed by atoms with van der Waals surface area (Å²) < 4.78 is 0. The molecule has 1 rings (SSSR count). The molecule has 0 unspecified atom stereocenters. The van der Waals surface area contributed by atoms with Crippen LogP contribution in [0.5, 0.6) is 0 Å². The topological polar surface area (TPSA) is 81.0 Å². The molecular weight excluding hydrogens is 256 g/mol. The van der Waals surface area contributed by atoms with Crippen molar-refractivity contribution >= 4 is 23.1 Å². The van der Waals surface area contributed by atoms with Gasteiger partial charge in [0.1, 0.15) is 5.69 Å². The first-order chi connectivity index (χ1) is 8.49. The Morgan fingerprint density at radius 2 is 2.00 bits per heavy atom. The molecule has 0 amide bonds. The predicted molar refractivity (Wildman–Crippen MR) is 71.0 cm³/mol. The second-order valence-electron chi connectivity index (χ2n) is 4.10. The van der Waals surface area contributed by atoms with Crippen LogP contribution >= 0.6 is 11.6 Å². The van der Waals surface area contributed by atoms with E-state index in [1.54, 1.807) is 6.92 Å². The third-order valence-corrected chi connectivity index (χ3v) is 3.10. The average molecular weight is 273 g/mol. The smallest absolute Gasteiger partial charge is 0.332 e. The summed E-state index contributed by atoms with van der Waals surface area (Å²) in [4.78, 5) is 18.2. The summed E-state index contributed by atoms with van der Waals surface area (Å²) in [5.74, 6) is 0.656. The van der Waals surface area contributed by atoms with E-state index in [1.807, 2.05) is 0 Å². The van der Waals surface area contributed by atoms with E-state index in [0.29, 0.717) is 12.5 Å². The Morgan fingerprint density at radius 3 is 2.50 bits per heavy atom. The number of anilines is 1. The molecule has 0 saturated carbocycles. The number of rotatable bonds is 6. The van der Waals surface area contributed by atoms with Gasteiger partial charge in [-0.25, -0.2) is 4.98 Å². The number of aryl methyl sites for hydroxylation is 1. The molecule has 1 aromatic rings. The van der Waals surface area contributed by atoms with Gasteiger partial charge in [0, 0.05) is 6.54 Å². The first-order valence-corrected chi connectivity index (χ1v) is 6.29. The van der Waals surface area contributed by atoms with E-state index in [9.17, 15) is 10.1 Å². The number of nitro groups is 1. The van der Waals surface area contributed by atoms with Gasteiger partial charge in [0.15, 0.2) is 0 Å². The van der Waals surface area contributed by atoms with Crippen molar-refractivity contribution in [1.29, 1.82) is 0 Å². The zero-order valence-electron chi connectivity index (χ0n) is 10.7. The van der Waals surface area contributed by atoms with Crippen LogP contribution in [0.3, 0.4) is 0 Å². The number of nitrogens with one attached hydrogen (secondary N) is 1. The van der Waals surface area contributed by atoms with Crippen LogP contribution in [0.1, 0.15) is 32.4 Å². The maximum absolute atomic E-state index is 11.0. The van der Waals surface area contributed by atoms with E-state index in [4.69, 9.17) is 11.6 Å². The molecule has 0 atom stereocenters. The Labute approximate surface area is 111 Å². The first-order valence-electron chi connectivity index (χ1n) is 5.91. The molecule has 6 nitrogen and oxygen atoms in total. The van der Waals surface area contributed by atoms with Crippen LogP contribution < -0.4 is 5.32 Å². The van der Waals surface area contributed by atoms with Crippen molar-refractivity contribution in [3.63, 3.8) is 0 Å². The Hall–Kier alpha value is -1.43. The van der Waals surface area contributed by atoms with Crippen LogP contribution in [0.2, 0.25) is 5.28 Å². The summed E-state index contributed by atoms with van der Waals surface area (Å²) in [6, 6.07) is 0. The molecule has 0 aliphatic carbocycles. The fraction of sp³-hybridized carbons (Fsp3) is 0.636. The highest BCUT2D eigenvalue weighted by atomic mass is 35.5. The highest BCUT2D eigenvalue weighted by molar-refractivity contribution is 6.28. The highest BCUT2D eigenvalue weighted by Crippen LogP contribution is 2.26. The molecule has 0 fully saturated rings. The number of hydrogen-bond donors (Lipinski definition) is 1. The van der Waals surface area contributed by atoms with Crippen LogP contribution in [0.4, 0.5) is 11.5 Å². The molecule has 100 valence electrons. The van der Waals surface area contributed by atoms with E-state index in [2.05, 4.69) is 29.1 Å². The standard InChI is InChI=1S/C11H17ClN4O2/c1-4-8(5-2)6-13-10-9(16(17)18)7(3)14-11(12)15-10/h8H,4-6H2,1-3H3,(H,13,14,15). The van der Waals surface area contributed by atoms with E-state index in [-0.39, 0.29) is 22.5 Å². The number of aromatic nitrogens is 2. The van der Waals surface area contributed by atoms with E-state index >= 15 is 0 Å². The Balaban J connectivity index is 2.96. The Morgan fingerprint density at radius 1 is 1.39 bits per heavy atom. The summed E-state index contributed by atoms with van der Waals surface area (Å²) >= 11 is 5.73. The maximum Gasteiger partial charge on any atom is 0.332 e. The molecule has 1 heterocycles. The molecule has 0 spiro atoms. The lowest BCUT2D eigenvalue weighted by Crippen LogP contribution is -2.15. The summed E-state index contributed by atoms with van der Waals surface area (Å²) in [5.41, 5.74) is 0.164. The lowest BCUT2D eigenvalue weighted by atomic mass is 10.0. The van der Waals surface area contributed by atoms with E-state index in [1.165, 1.54) is 0 Å². The van der Waals surface area contributed by atoms with Gasteiger partial charge in [0.2, 0.25) is 11.1 Å². The van der Waals surface area contributed by atoms with Crippen LogP contribution in [0.15, 0.2) is 0 Å². The van der Waals surface area contributed by atoms with Crippen molar-refractivity contribution in [2.24, 2.45) is 5.92 Å². The van der Waals surface area contributed by atoms with Gasteiger partial charge >= 0.3 is 5.69 Å². The van der Waals surface area contributed by atoms with Crippen molar-refractivity contribution < 1.29 is 4.92 Å². The molecule has 0 bridgehead atoms. The van der Waals surface area contributed by atoms with Gasteiger partial charge in [-0.3, -0.25) is 10.1 Å². The minimum atomic E-state index is -0.485. The minimum Gasteiger partial charge on any atom is -0.364 e. The van der Waals surface area contributed by atoms with Gasteiger partial charge in [0.05, 0.1) is 4.92 Å². The van der Waals surface area contributed by atoms with Gasteiger partial charge in [-0.2, -0.15) is 4.98 Å². The normalized spacial score (nSPS) is 10.7. The fourth-order valence-corrected chi connectivity index (χ4v) is 1.90. The molecule has 0 aliphatic rings. The van der Waals surface area contributed by atoms with Crippen LogP contribution in [-0.4, -0.2) is 21.4 Å². The van der Waals surface area contributed by atoms with Crippen LogP contribution in [0, 0.1) is 23.0 Å². The van der Waals surface area contributed by atoms with Crippen molar-refractivity contribution in [2.45, 2.75) is 33.6 Å². The second-order valence-corrected chi connectivity index (χ2v) is 4.43. The first kappa shape index (κ1) is 14.6. The van der Waals surface area contributed by atoms with Crippen molar-refractivity contribution in [1.82, 2.24) is 9.97 Å². The fourth-order valence-electron chi connectivity index (χ4n) is 1.69. The van der Waals surface area contributed by atoms with Gasteiger partial charge in [-0.05, 0) is 24.4 Å². The molecule has 18 heavy (non-hydrogen) atoms. The van der Waals surface area contributed by atoms with Crippen molar-refractivity contribution in [3.8, 4) is 0 Å². The molecule has 1 aromatic heterocycles. The Bertz CT molecular complexity index is 435. The highest BCUT2D eigenvalue weighted by Gasteiger charge is 2.21. The zero-order chi connectivity index (χ0) is 13.7. The maximum atomic E-state index is 11.0. The summed E-state index contributed by atoms with van der Waals surface area (Å²) in [5, 5.41) is 14.0. The minimum absolute atomic E-state index is 0.0187.